The monoisotopic (exact) mass is 153 g/mol. The van der Waals surface area contributed by atoms with Crippen LogP contribution >= 0.6 is 0 Å². The van der Waals surface area contributed by atoms with Crippen LogP contribution in [0.1, 0.15) is 45.4 Å². The zero-order valence-corrected chi connectivity index (χ0v) is 7.53. The summed E-state index contributed by atoms with van der Waals surface area (Å²) in [5, 5.41) is 3.74. The van der Waals surface area contributed by atoms with Crippen LogP contribution in [-0.4, -0.2) is 12.1 Å². The van der Waals surface area contributed by atoms with Crippen LogP contribution in [0.5, 0.6) is 0 Å². The lowest BCUT2D eigenvalue weighted by Gasteiger charge is -2.42. The molecule has 0 saturated heterocycles. The summed E-state index contributed by atoms with van der Waals surface area (Å²) < 4.78 is 0. The molecule has 64 valence electrons. The van der Waals surface area contributed by atoms with Crippen LogP contribution < -0.4 is 5.32 Å². The van der Waals surface area contributed by atoms with E-state index >= 15 is 0 Å². The van der Waals surface area contributed by atoms with Gasteiger partial charge in [0, 0.05) is 5.54 Å². The fourth-order valence-electron chi connectivity index (χ4n) is 1.94. The Morgan fingerprint density at radius 1 is 1.36 bits per heavy atom. The van der Waals surface area contributed by atoms with Crippen molar-refractivity contribution >= 4 is 0 Å². The third-order valence-electron chi connectivity index (χ3n) is 3.45. The van der Waals surface area contributed by atoms with E-state index in [0.717, 1.165) is 5.92 Å². The third kappa shape index (κ3) is 1.58. The maximum Gasteiger partial charge on any atom is 0.0179 e. The molecule has 0 aromatic heterocycles. The molecule has 0 spiro atoms. The van der Waals surface area contributed by atoms with E-state index in [9.17, 15) is 0 Å². The van der Waals surface area contributed by atoms with Gasteiger partial charge in [-0.1, -0.05) is 6.92 Å². The smallest absolute Gasteiger partial charge is 0.0179 e. The van der Waals surface area contributed by atoms with Crippen molar-refractivity contribution in [1.82, 2.24) is 5.32 Å². The predicted octanol–water partition coefficient (Wildman–Crippen LogP) is 2.32. The summed E-state index contributed by atoms with van der Waals surface area (Å²) in [5.74, 6) is 1.04. The van der Waals surface area contributed by atoms with Gasteiger partial charge in [0.05, 0.1) is 0 Å². The Morgan fingerprint density at radius 2 is 2.09 bits per heavy atom. The number of hydrogen-bond donors (Lipinski definition) is 1. The first kappa shape index (κ1) is 7.60. The van der Waals surface area contributed by atoms with Crippen molar-refractivity contribution in [2.75, 3.05) is 6.54 Å². The highest BCUT2D eigenvalue weighted by atomic mass is 15.0. The lowest BCUT2D eigenvalue weighted by atomic mass is 9.75. The van der Waals surface area contributed by atoms with Gasteiger partial charge in [0.25, 0.3) is 0 Å². The van der Waals surface area contributed by atoms with Gasteiger partial charge in [-0.05, 0) is 51.0 Å². The molecule has 2 rings (SSSR count). The minimum absolute atomic E-state index is 0.586. The topological polar surface area (TPSA) is 12.0 Å². The summed E-state index contributed by atoms with van der Waals surface area (Å²) in [6, 6.07) is 0. The van der Waals surface area contributed by atoms with E-state index < -0.39 is 0 Å². The van der Waals surface area contributed by atoms with Gasteiger partial charge in [0.15, 0.2) is 0 Å². The highest BCUT2D eigenvalue weighted by molar-refractivity contribution is 4.95. The summed E-state index contributed by atoms with van der Waals surface area (Å²) in [4.78, 5) is 0. The molecular formula is C10H19N. The molecule has 0 unspecified atom stereocenters. The van der Waals surface area contributed by atoms with Crippen molar-refractivity contribution in [3.8, 4) is 0 Å². The summed E-state index contributed by atoms with van der Waals surface area (Å²) in [7, 11) is 0. The van der Waals surface area contributed by atoms with Crippen LogP contribution in [-0.2, 0) is 0 Å². The van der Waals surface area contributed by atoms with Gasteiger partial charge >= 0.3 is 0 Å². The Bertz CT molecular complexity index is 128. The van der Waals surface area contributed by atoms with Crippen molar-refractivity contribution in [3.05, 3.63) is 0 Å². The van der Waals surface area contributed by atoms with Crippen molar-refractivity contribution in [2.24, 2.45) is 5.92 Å². The molecule has 2 fully saturated rings. The molecule has 0 aromatic rings. The van der Waals surface area contributed by atoms with Gasteiger partial charge in [0.1, 0.15) is 0 Å². The van der Waals surface area contributed by atoms with Crippen LogP contribution in [0, 0.1) is 5.92 Å². The second-order valence-corrected chi connectivity index (χ2v) is 4.31. The zero-order valence-electron chi connectivity index (χ0n) is 7.53. The molecule has 2 aliphatic carbocycles. The molecule has 2 aliphatic rings. The predicted molar refractivity (Wildman–Crippen MR) is 47.6 cm³/mol. The molecule has 0 atom stereocenters. The van der Waals surface area contributed by atoms with E-state index in [1.54, 1.807) is 0 Å². The summed E-state index contributed by atoms with van der Waals surface area (Å²) in [5.41, 5.74) is 0.586. The summed E-state index contributed by atoms with van der Waals surface area (Å²) in [6.07, 6.45) is 8.59. The Morgan fingerprint density at radius 3 is 2.45 bits per heavy atom. The number of rotatable bonds is 4. The number of hydrogen-bond acceptors (Lipinski definition) is 1. The summed E-state index contributed by atoms with van der Waals surface area (Å²) in [6.45, 7) is 3.62. The molecule has 0 heterocycles. The SMILES string of the molecule is CCC1(NCC2CC2)CCC1. The quantitative estimate of drug-likeness (QED) is 0.653. The molecule has 0 amide bonds. The first-order chi connectivity index (χ1) is 5.35. The molecule has 0 radical (unpaired) electrons. The Kier molecular flexibility index (Phi) is 1.92. The van der Waals surface area contributed by atoms with Crippen molar-refractivity contribution in [2.45, 2.75) is 51.0 Å². The van der Waals surface area contributed by atoms with Gasteiger partial charge in [-0.15, -0.1) is 0 Å². The maximum atomic E-state index is 3.74. The van der Waals surface area contributed by atoms with E-state index in [0.29, 0.717) is 5.54 Å². The van der Waals surface area contributed by atoms with Crippen LogP contribution in [0.4, 0.5) is 0 Å². The summed E-state index contributed by atoms with van der Waals surface area (Å²) >= 11 is 0. The minimum Gasteiger partial charge on any atom is -0.311 e. The molecule has 2 saturated carbocycles. The van der Waals surface area contributed by atoms with Crippen LogP contribution in [0.15, 0.2) is 0 Å². The van der Waals surface area contributed by atoms with Crippen LogP contribution in [0.25, 0.3) is 0 Å². The molecule has 1 nitrogen and oxygen atoms in total. The molecule has 1 heteroatoms. The standard InChI is InChI=1S/C10H19N/c1-2-10(6-3-7-10)11-8-9-4-5-9/h9,11H,2-8H2,1H3. The second-order valence-electron chi connectivity index (χ2n) is 4.31. The van der Waals surface area contributed by atoms with E-state index in [2.05, 4.69) is 12.2 Å². The van der Waals surface area contributed by atoms with Crippen molar-refractivity contribution in [1.29, 1.82) is 0 Å². The third-order valence-corrected chi connectivity index (χ3v) is 3.45. The van der Waals surface area contributed by atoms with Crippen molar-refractivity contribution in [3.63, 3.8) is 0 Å². The van der Waals surface area contributed by atoms with Gasteiger partial charge in [-0.25, -0.2) is 0 Å². The molecular weight excluding hydrogens is 134 g/mol. The lowest BCUT2D eigenvalue weighted by Crippen LogP contribution is -2.51. The fraction of sp³-hybridized carbons (Fsp3) is 1.00. The average Bonchev–Trinajstić information content (AvgIpc) is 2.70. The molecule has 0 aromatic carbocycles. The van der Waals surface area contributed by atoms with E-state index in [1.807, 2.05) is 0 Å². The van der Waals surface area contributed by atoms with Crippen LogP contribution in [0.2, 0.25) is 0 Å². The van der Waals surface area contributed by atoms with Crippen molar-refractivity contribution < 1.29 is 0 Å². The van der Waals surface area contributed by atoms with Gasteiger partial charge in [-0.3, -0.25) is 0 Å². The highest BCUT2D eigenvalue weighted by Crippen LogP contribution is 2.36. The maximum absolute atomic E-state index is 3.74. The van der Waals surface area contributed by atoms with E-state index in [1.165, 1.54) is 45.1 Å². The molecule has 0 aliphatic heterocycles. The Labute approximate surface area is 69.6 Å². The largest absolute Gasteiger partial charge is 0.311 e. The second kappa shape index (κ2) is 2.78. The first-order valence-electron chi connectivity index (χ1n) is 5.10. The Hall–Kier alpha value is -0.0400. The highest BCUT2D eigenvalue weighted by Gasteiger charge is 2.35. The zero-order chi connectivity index (χ0) is 7.73. The van der Waals surface area contributed by atoms with Crippen LogP contribution in [0.3, 0.4) is 0 Å². The normalized spacial score (nSPS) is 28.1. The van der Waals surface area contributed by atoms with Gasteiger partial charge < -0.3 is 5.32 Å². The van der Waals surface area contributed by atoms with Gasteiger partial charge in [0.2, 0.25) is 0 Å². The average molecular weight is 153 g/mol. The first-order valence-corrected chi connectivity index (χ1v) is 5.10. The Balaban J connectivity index is 1.72. The minimum atomic E-state index is 0.586. The fourth-order valence-corrected chi connectivity index (χ4v) is 1.94. The van der Waals surface area contributed by atoms with E-state index in [4.69, 9.17) is 0 Å². The lowest BCUT2D eigenvalue weighted by molar-refractivity contribution is 0.176. The molecule has 1 N–H and O–H groups in total. The molecule has 0 bridgehead atoms. The molecule has 11 heavy (non-hydrogen) atoms. The number of nitrogens with one attached hydrogen (secondary N) is 1. The van der Waals surface area contributed by atoms with Gasteiger partial charge in [-0.2, -0.15) is 0 Å². The van der Waals surface area contributed by atoms with E-state index in [-0.39, 0.29) is 0 Å².